The minimum Gasteiger partial charge on any atom is -0.310 e. The molecule has 0 saturated carbocycles. The third kappa shape index (κ3) is 4.74. The fraction of sp³-hybridized carbons (Fsp3) is 0. The first-order valence-electron chi connectivity index (χ1n) is 18.6. The van der Waals surface area contributed by atoms with Gasteiger partial charge >= 0.3 is 0 Å². The summed E-state index contributed by atoms with van der Waals surface area (Å²) >= 11 is 0. The fourth-order valence-electron chi connectivity index (χ4n) is 8.71. The highest BCUT2D eigenvalue weighted by molar-refractivity contribution is 6.23. The number of hydrogen-bond donors (Lipinski definition) is 0. The quantitative estimate of drug-likeness (QED) is 0.164. The van der Waals surface area contributed by atoms with Crippen LogP contribution in [-0.4, -0.2) is 4.57 Å². The molecule has 0 saturated heterocycles. The van der Waals surface area contributed by atoms with Gasteiger partial charge in [0, 0.05) is 33.2 Å². The topological polar surface area (TPSA) is 8.17 Å². The predicted octanol–water partition coefficient (Wildman–Crippen LogP) is 14.5. The van der Waals surface area contributed by atoms with Crippen molar-refractivity contribution in [2.45, 2.75) is 0 Å². The number of nitrogens with zero attached hydrogens (tertiary/aromatic N) is 2. The van der Waals surface area contributed by atoms with Crippen molar-refractivity contribution < 1.29 is 0 Å². The molecule has 11 rings (SSSR count). The lowest BCUT2D eigenvalue weighted by Crippen LogP contribution is -2.11. The van der Waals surface area contributed by atoms with Gasteiger partial charge in [0.25, 0.3) is 0 Å². The van der Waals surface area contributed by atoms with E-state index in [9.17, 15) is 0 Å². The van der Waals surface area contributed by atoms with Crippen LogP contribution in [0.5, 0.6) is 0 Å². The Labute approximate surface area is 313 Å². The zero-order chi connectivity index (χ0) is 35.6. The molecule has 2 nitrogen and oxygen atoms in total. The third-order valence-corrected chi connectivity index (χ3v) is 11.1. The lowest BCUT2D eigenvalue weighted by molar-refractivity contribution is 1.18. The Morgan fingerprint density at radius 2 is 0.944 bits per heavy atom. The van der Waals surface area contributed by atoms with Crippen molar-refractivity contribution >= 4 is 82.0 Å². The van der Waals surface area contributed by atoms with Crippen LogP contribution >= 0.6 is 0 Å². The van der Waals surface area contributed by atoms with Gasteiger partial charge < -0.3 is 9.47 Å². The van der Waals surface area contributed by atoms with Crippen LogP contribution in [-0.2, 0) is 0 Å². The largest absolute Gasteiger partial charge is 0.310 e. The Morgan fingerprint density at radius 1 is 0.333 bits per heavy atom. The summed E-state index contributed by atoms with van der Waals surface area (Å²) in [6.45, 7) is 0. The summed E-state index contributed by atoms with van der Waals surface area (Å²) in [6.07, 6.45) is 0. The van der Waals surface area contributed by atoms with E-state index in [0.29, 0.717) is 0 Å². The van der Waals surface area contributed by atoms with E-state index in [4.69, 9.17) is 0 Å². The number of rotatable bonds is 5. The highest BCUT2D eigenvalue weighted by atomic mass is 15.1. The molecular formula is C52H34N2. The number of benzene rings is 10. The van der Waals surface area contributed by atoms with E-state index in [0.717, 1.165) is 22.7 Å². The minimum atomic E-state index is 1.11. The normalized spacial score (nSPS) is 11.7. The van der Waals surface area contributed by atoms with Crippen molar-refractivity contribution in [3.63, 3.8) is 0 Å². The van der Waals surface area contributed by atoms with Gasteiger partial charge in [-0.2, -0.15) is 0 Å². The molecule has 0 aliphatic carbocycles. The van der Waals surface area contributed by atoms with Gasteiger partial charge in [-0.1, -0.05) is 152 Å². The molecule has 1 heterocycles. The summed E-state index contributed by atoms with van der Waals surface area (Å²) < 4.78 is 2.42. The molecule has 10 aromatic carbocycles. The van der Waals surface area contributed by atoms with Crippen LogP contribution in [0.2, 0.25) is 0 Å². The first kappa shape index (κ1) is 30.5. The highest BCUT2D eigenvalue weighted by Gasteiger charge is 2.22. The molecule has 0 unspecified atom stereocenters. The molecule has 1 aromatic heterocycles. The number of para-hydroxylation sites is 2. The maximum Gasteiger partial charge on any atom is 0.0553 e. The van der Waals surface area contributed by atoms with Gasteiger partial charge in [0.15, 0.2) is 0 Å². The molecule has 11 aromatic rings. The molecule has 0 N–H and O–H groups in total. The van der Waals surface area contributed by atoms with E-state index in [2.05, 4.69) is 216 Å². The number of fused-ring (bicyclic) bond motifs is 8. The first-order chi connectivity index (χ1) is 26.8. The Morgan fingerprint density at radius 3 is 1.76 bits per heavy atom. The smallest absolute Gasteiger partial charge is 0.0553 e. The van der Waals surface area contributed by atoms with Crippen LogP contribution in [0.15, 0.2) is 206 Å². The maximum absolute atomic E-state index is 2.46. The second-order valence-electron chi connectivity index (χ2n) is 14.1. The molecule has 0 atom stereocenters. The zero-order valence-electron chi connectivity index (χ0n) is 29.5. The van der Waals surface area contributed by atoms with Crippen molar-refractivity contribution in [1.29, 1.82) is 0 Å². The molecule has 0 aliphatic heterocycles. The fourth-order valence-corrected chi connectivity index (χ4v) is 8.71. The molecule has 2 heteroatoms. The highest BCUT2D eigenvalue weighted by Crippen LogP contribution is 2.47. The van der Waals surface area contributed by atoms with Crippen molar-refractivity contribution in [2.24, 2.45) is 0 Å². The number of aromatic nitrogens is 1. The summed E-state index contributed by atoms with van der Waals surface area (Å²) in [4.78, 5) is 2.46. The Bertz CT molecular complexity index is 3230. The summed E-state index contributed by atoms with van der Waals surface area (Å²) in [5.41, 5.74) is 9.37. The van der Waals surface area contributed by atoms with Crippen LogP contribution in [0, 0.1) is 0 Å². The van der Waals surface area contributed by atoms with Gasteiger partial charge in [0.05, 0.1) is 16.7 Å². The molecule has 0 bridgehead atoms. The van der Waals surface area contributed by atoms with Gasteiger partial charge in [0.2, 0.25) is 0 Å². The summed E-state index contributed by atoms with van der Waals surface area (Å²) in [7, 11) is 0. The molecule has 0 fully saturated rings. The molecule has 0 amide bonds. The Hall–Kier alpha value is -7.16. The Kier molecular flexibility index (Phi) is 6.90. The van der Waals surface area contributed by atoms with Gasteiger partial charge in [-0.3, -0.25) is 0 Å². The lowest BCUT2D eigenvalue weighted by atomic mass is 9.92. The molecule has 0 aliphatic rings. The summed E-state index contributed by atoms with van der Waals surface area (Å²) in [6, 6.07) is 75.4. The van der Waals surface area contributed by atoms with Crippen LogP contribution in [0.1, 0.15) is 0 Å². The van der Waals surface area contributed by atoms with Crippen LogP contribution in [0.4, 0.5) is 17.1 Å². The number of anilines is 3. The van der Waals surface area contributed by atoms with E-state index in [1.807, 2.05) is 0 Å². The minimum absolute atomic E-state index is 1.11. The van der Waals surface area contributed by atoms with Crippen molar-refractivity contribution in [1.82, 2.24) is 4.57 Å². The van der Waals surface area contributed by atoms with Gasteiger partial charge in [0.1, 0.15) is 0 Å². The monoisotopic (exact) mass is 686 g/mol. The molecule has 0 radical (unpaired) electrons. The van der Waals surface area contributed by atoms with E-state index in [1.54, 1.807) is 0 Å². The predicted molar refractivity (Wildman–Crippen MR) is 231 cm³/mol. The standard InChI is InChI=1S/C52H34N2/c1-2-20-40(21-3-1)54-48-28-13-12-27-47(48)52-50(54)34-38-18-7-9-24-44(38)51(52)39-19-14-22-41(32-39)53(42-30-29-35-15-4-5-16-36(35)31-42)49-33-37-17-6-8-23-43(37)45-25-10-11-26-46(45)49/h1-34H. The van der Waals surface area contributed by atoms with Crippen molar-refractivity contribution in [3.05, 3.63) is 206 Å². The van der Waals surface area contributed by atoms with Crippen LogP contribution < -0.4 is 4.90 Å². The van der Waals surface area contributed by atoms with Crippen molar-refractivity contribution in [3.8, 4) is 16.8 Å². The average molecular weight is 687 g/mol. The van der Waals surface area contributed by atoms with Crippen LogP contribution in [0.25, 0.3) is 81.7 Å². The average Bonchev–Trinajstić information content (AvgIpc) is 3.57. The molecule has 54 heavy (non-hydrogen) atoms. The first-order valence-corrected chi connectivity index (χ1v) is 18.6. The van der Waals surface area contributed by atoms with Crippen LogP contribution in [0.3, 0.4) is 0 Å². The maximum atomic E-state index is 2.46. The number of hydrogen-bond acceptors (Lipinski definition) is 1. The van der Waals surface area contributed by atoms with Crippen molar-refractivity contribution in [2.75, 3.05) is 4.90 Å². The SMILES string of the molecule is c1ccc(-n2c3ccccc3c3c(-c4cccc(N(c5ccc6ccccc6c5)c5cc6ccccc6c6ccccc56)c4)c4ccccc4cc32)cc1. The zero-order valence-corrected chi connectivity index (χ0v) is 29.5. The Balaban J connectivity index is 1.23. The van der Waals surface area contributed by atoms with E-state index in [-0.39, 0.29) is 0 Å². The van der Waals surface area contributed by atoms with Gasteiger partial charge in [-0.05, 0) is 103 Å². The molecule has 252 valence electrons. The van der Waals surface area contributed by atoms with Gasteiger partial charge in [-0.15, -0.1) is 0 Å². The summed E-state index contributed by atoms with van der Waals surface area (Å²) in [5, 5.41) is 12.4. The molecule has 0 spiro atoms. The second-order valence-corrected chi connectivity index (χ2v) is 14.1. The third-order valence-electron chi connectivity index (χ3n) is 11.1. The molecular weight excluding hydrogens is 653 g/mol. The van der Waals surface area contributed by atoms with E-state index in [1.165, 1.54) is 76.0 Å². The van der Waals surface area contributed by atoms with E-state index >= 15 is 0 Å². The van der Waals surface area contributed by atoms with Gasteiger partial charge in [-0.25, -0.2) is 0 Å². The second kappa shape index (κ2) is 12.2. The lowest BCUT2D eigenvalue weighted by Gasteiger charge is -2.28. The summed E-state index contributed by atoms with van der Waals surface area (Å²) in [5.74, 6) is 0. The van der Waals surface area contributed by atoms with E-state index < -0.39 is 0 Å².